The topological polar surface area (TPSA) is 165 Å². The van der Waals surface area contributed by atoms with Crippen molar-refractivity contribution in [1.29, 1.82) is 0 Å². The van der Waals surface area contributed by atoms with E-state index < -0.39 is 23.6 Å². The van der Waals surface area contributed by atoms with Crippen LogP contribution in [0.25, 0.3) is 0 Å². The molecule has 40 heavy (non-hydrogen) atoms. The minimum atomic E-state index is -0.621. The zero-order chi connectivity index (χ0) is 30.5. The third-order valence-electron chi connectivity index (χ3n) is 6.69. The van der Waals surface area contributed by atoms with E-state index in [4.69, 9.17) is 0 Å². The molecule has 232 valence electrons. The van der Waals surface area contributed by atoms with Crippen LogP contribution in [0, 0.1) is 21.7 Å². The summed E-state index contributed by atoms with van der Waals surface area (Å²) < 4.78 is 0. The molecule has 0 bridgehead atoms. The van der Waals surface area contributed by atoms with E-state index in [1.54, 1.807) is 0 Å². The first-order valence-corrected chi connectivity index (χ1v) is 14.4. The molecule has 0 aromatic rings. The molecule has 1 fully saturated rings. The van der Waals surface area contributed by atoms with Gasteiger partial charge in [0, 0.05) is 78.5 Å². The largest absolute Gasteiger partial charge is 0.347 e. The van der Waals surface area contributed by atoms with Gasteiger partial charge in [0.15, 0.2) is 0 Å². The zero-order valence-corrected chi connectivity index (χ0v) is 26.1. The molecule has 0 aromatic heterocycles. The van der Waals surface area contributed by atoms with Crippen LogP contribution in [0.3, 0.4) is 0 Å². The summed E-state index contributed by atoms with van der Waals surface area (Å²) in [7, 11) is 0. The highest BCUT2D eigenvalue weighted by molar-refractivity contribution is 6.35. The van der Waals surface area contributed by atoms with Crippen LogP contribution < -0.4 is 42.5 Å². The van der Waals surface area contributed by atoms with Crippen molar-refractivity contribution in [1.82, 2.24) is 42.5 Å². The van der Waals surface area contributed by atoms with Gasteiger partial charge in [0.2, 0.25) is 0 Å². The van der Waals surface area contributed by atoms with Crippen molar-refractivity contribution < 1.29 is 19.2 Å². The van der Waals surface area contributed by atoms with Gasteiger partial charge in [-0.25, -0.2) is 0 Å². The maximum Gasteiger partial charge on any atom is 0.309 e. The molecule has 0 radical (unpaired) electrons. The van der Waals surface area contributed by atoms with E-state index in [1.807, 2.05) is 55.4 Å². The molecule has 0 aliphatic carbocycles. The molecule has 8 N–H and O–H groups in total. The zero-order valence-electron chi connectivity index (χ0n) is 26.1. The van der Waals surface area contributed by atoms with Crippen molar-refractivity contribution >= 4 is 23.6 Å². The number of carbonyl (C=O) groups is 4. The Bertz CT molecular complexity index is 706. The van der Waals surface area contributed by atoms with Crippen LogP contribution in [0.15, 0.2) is 0 Å². The molecular weight excluding hydrogens is 512 g/mol. The summed E-state index contributed by atoms with van der Waals surface area (Å²) in [5.41, 5.74) is -0.964. The predicted molar refractivity (Wildman–Crippen MR) is 159 cm³/mol. The third kappa shape index (κ3) is 16.1. The van der Waals surface area contributed by atoms with E-state index in [1.165, 1.54) is 0 Å². The Morgan fingerprint density at radius 2 is 0.525 bits per heavy atom. The molecule has 12 nitrogen and oxygen atoms in total. The van der Waals surface area contributed by atoms with Crippen LogP contribution in [-0.4, -0.2) is 102 Å². The fraction of sp³-hybridized carbons (Fsp3) is 0.857. The fourth-order valence-electron chi connectivity index (χ4n) is 3.91. The second-order valence-electron chi connectivity index (χ2n) is 14.1. The maximum absolute atomic E-state index is 12.3. The van der Waals surface area contributed by atoms with Gasteiger partial charge in [0.05, 0.1) is 0 Å². The number of hydrogen-bond acceptors (Lipinski definition) is 8. The van der Waals surface area contributed by atoms with Crippen molar-refractivity contribution in [2.75, 3.05) is 78.5 Å². The Morgan fingerprint density at radius 3 is 0.700 bits per heavy atom. The summed E-state index contributed by atoms with van der Waals surface area (Å²) in [4.78, 5) is 49.4. The minimum absolute atomic E-state index is 0.241. The first-order chi connectivity index (χ1) is 18.4. The fourth-order valence-corrected chi connectivity index (χ4v) is 3.91. The SMILES string of the molecule is CC1(C)CNCCNCC(C)(C)CNC(=O)C(=O)NCC(C)(C)CNCCNCC(C)(C)CNC(=O)C(=O)NC1. The van der Waals surface area contributed by atoms with Gasteiger partial charge < -0.3 is 42.5 Å². The molecule has 12 heteroatoms. The summed E-state index contributed by atoms with van der Waals surface area (Å²) in [5, 5.41) is 24.5. The standard InChI is InChI=1S/C28H56N8O4/c1-25(2)13-29-9-10-30-14-26(3,4)19-35-23(39)24(40)36-20-28(7,8)16-32-12-11-31-15-27(5,6)18-34-22(38)21(37)33-17-25/h29-32H,9-20H2,1-8H3,(H,33,37)(H,34,38)(H,35,39)(H,36,40). The molecule has 1 heterocycles. The number of hydrogen-bond donors (Lipinski definition) is 8. The summed E-state index contributed by atoms with van der Waals surface area (Å²) in [6, 6.07) is 0. The summed E-state index contributed by atoms with van der Waals surface area (Å²) in [6.45, 7) is 23.2. The van der Waals surface area contributed by atoms with Crippen molar-refractivity contribution in [2.24, 2.45) is 21.7 Å². The Morgan fingerprint density at radius 1 is 0.350 bits per heavy atom. The van der Waals surface area contributed by atoms with Crippen molar-refractivity contribution in [3.8, 4) is 0 Å². The third-order valence-corrected chi connectivity index (χ3v) is 6.69. The molecule has 0 aromatic carbocycles. The van der Waals surface area contributed by atoms with Crippen LogP contribution in [0.2, 0.25) is 0 Å². The average molecular weight is 569 g/mol. The lowest BCUT2D eigenvalue weighted by molar-refractivity contribution is -0.139. The predicted octanol–water partition coefficient (Wildman–Crippen LogP) is -1.07. The minimum Gasteiger partial charge on any atom is -0.347 e. The van der Waals surface area contributed by atoms with Crippen LogP contribution in [-0.2, 0) is 19.2 Å². The smallest absolute Gasteiger partial charge is 0.309 e. The van der Waals surface area contributed by atoms with Gasteiger partial charge in [-0.15, -0.1) is 0 Å². The van der Waals surface area contributed by atoms with E-state index >= 15 is 0 Å². The first-order valence-electron chi connectivity index (χ1n) is 14.4. The summed E-state index contributed by atoms with van der Waals surface area (Å²) in [6.07, 6.45) is 0. The molecule has 1 saturated heterocycles. The normalized spacial score (nSPS) is 25.2. The summed E-state index contributed by atoms with van der Waals surface area (Å²) in [5.74, 6) is -2.49. The monoisotopic (exact) mass is 568 g/mol. The van der Waals surface area contributed by atoms with E-state index in [0.29, 0.717) is 52.4 Å². The van der Waals surface area contributed by atoms with Gasteiger partial charge in [-0.2, -0.15) is 0 Å². The first kappa shape index (κ1) is 35.7. The molecule has 1 aliphatic rings. The van der Waals surface area contributed by atoms with Gasteiger partial charge in [0.1, 0.15) is 0 Å². The molecule has 0 atom stereocenters. The molecular formula is C28H56N8O4. The Labute approximate surface area is 241 Å². The van der Waals surface area contributed by atoms with Gasteiger partial charge >= 0.3 is 23.6 Å². The van der Waals surface area contributed by atoms with E-state index in [2.05, 4.69) is 42.5 Å². The maximum atomic E-state index is 12.3. The van der Waals surface area contributed by atoms with Crippen molar-refractivity contribution in [2.45, 2.75) is 55.4 Å². The molecule has 0 saturated carbocycles. The quantitative estimate of drug-likeness (QED) is 0.171. The molecule has 4 amide bonds. The molecule has 0 spiro atoms. The average Bonchev–Trinajstić information content (AvgIpc) is 2.86. The van der Waals surface area contributed by atoms with Crippen LogP contribution in [0.1, 0.15) is 55.4 Å². The number of carbonyl (C=O) groups excluding carboxylic acids is 4. The Balaban J connectivity index is 2.72. The van der Waals surface area contributed by atoms with Gasteiger partial charge in [0.25, 0.3) is 0 Å². The van der Waals surface area contributed by atoms with Gasteiger partial charge in [-0.05, 0) is 21.7 Å². The highest BCUT2D eigenvalue weighted by Crippen LogP contribution is 2.14. The number of amides is 4. The number of rotatable bonds is 0. The lowest BCUT2D eigenvalue weighted by atomic mass is 9.92. The number of nitrogens with one attached hydrogen (secondary N) is 8. The highest BCUT2D eigenvalue weighted by atomic mass is 16.2. The highest BCUT2D eigenvalue weighted by Gasteiger charge is 2.25. The Hall–Kier alpha value is -2.28. The van der Waals surface area contributed by atoms with E-state index in [9.17, 15) is 19.2 Å². The molecule has 1 aliphatic heterocycles. The van der Waals surface area contributed by atoms with Crippen molar-refractivity contribution in [3.05, 3.63) is 0 Å². The summed E-state index contributed by atoms with van der Waals surface area (Å²) >= 11 is 0. The lowest BCUT2D eigenvalue weighted by Crippen LogP contribution is -2.49. The van der Waals surface area contributed by atoms with E-state index in [-0.39, 0.29) is 21.7 Å². The second kappa shape index (κ2) is 16.2. The molecule has 0 unspecified atom stereocenters. The second-order valence-corrected chi connectivity index (χ2v) is 14.1. The van der Waals surface area contributed by atoms with Gasteiger partial charge in [-0.1, -0.05) is 55.4 Å². The van der Waals surface area contributed by atoms with Gasteiger partial charge in [-0.3, -0.25) is 19.2 Å². The van der Waals surface area contributed by atoms with Crippen LogP contribution in [0.4, 0.5) is 0 Å². The van der Waals surface area contributed by atoms with Crippen LogP contribution >= 0.6 is 0 Å². The van der Waals surface area contributed by atoms with Crippen molar-refractivity contribution in [3.63, 3.8) is 0 Å². The van der Waals surface area contributed by atoms with Crippen LogP contribution in [0.5, 0.6) is 0 Å². The Kier molecular flexibility index (Phi) is 14.5. The van der Waals surface area contributed by atoms with E-state index in [0.717, 1.165) is 26.2 Å². The lowest BCUT2D eigenvalue weighted by Gasteiger charge is -2.28. The molecule has 1 rings (SSSR count).